The van der Waals surface area contributed by atoms with Crippen molar-refractivity contribution in [3.8, 4) is 0 Å². The zero-order valence-electron chi connectivity index (χ0n) is 9.35. The third-order valence-electron chi connectivity index (χ3n) is 2.76. The van der Waals surface area contributed by atoms with Crippen molar-refractivity contribution in [3.05, 3.63) is 30.3 Å². The number of hydrogen-bond acceptors (Lipinski definition) is 2. The zero-order valence-corrected chi connectivity index (χ0v) is 11.9. The molecule has 0 radical (unpaired) electrons. The van der Waals surface area contributed by atoms with E-state index in [0.717, 1.165) is 4.32 Å². The first-order valence-electron chi connectivity index (χ1n) is 5.34. The fraction of sp³-hybridized carbons (Fsp3) is 0.500. The Morgan fingerprint density at radius 2 is 1.67 bits per heavy atom. The van der Waals surface area contributed by atoms with Crippen LogP contribution < -0.4 is 5.30 Å². The van der Waals surface area contributed by atoms with Crippen molar-refractivity contribution in [2.75, 3.05) is 24.8 Å². The van der Waals surface area contributed by atoms with Crippen LogP contribution in [0.5, 0.6) is 0 Å². The molecule has 0 amide bonds. The Kier molecular flexibility index (Phi) is 4.04. The van der Waals surface area contributed by atoms with Gasteiger partial charge < -0.3 is 0 Å². The summed E-state index contributed by atoms with van der Waals surface area (Å²) in [5, 5.41) is 1.58. The highest BCUT2D eigenvalue weighted by Crippen LogP contribution is 2.64. The third kappa shape index (κ3) is 2.72. The van der Waals surface area contributed by atoms with E-state index in [1.807, 2.05) is 0 Å². The van der Waals surface area contributed by atoms with Crippen LogP contribution in [-0.2, 0) is 0 Å². The normalized spacial score (nSPS) is 19.1. The van der Waals surface area contributed by atoms with E-state index in [2.05, 4.69) is 67.2 Å². The molecule has 1 heterocycles. The minimum absolute atomic E-state index is 0.827. The second-order valence-corrected chi connectivity index (χ2v) is 11.8. The fourth-order valence-electron chi connectivity index (χ4n) is 1.78. The Labute approximate surface area is 102 Å². The van der Waals surface area contributed by atoms with Crippen molar-refractivity contribution in [2.45, 2.75) is 10.7 Å². The van der Waals surface area contributed by atoms with Gasteiger partial charge in [-0.2, -0.15) is 0 Å². The van der Waals surface area contributed by atoms with E-state index in [1.165, 1.54) is 17.9 Å². The van der Waals surface area contributed by atoms with Crippen LogP contribution in [0.1, 0.15) is 6.42 Å². The molecular weight excluding hydrogens is 239 g/mol. The lowest BCUT2D eigenvalue weighted by atomic mass is 10.4. The summed E-state index contributed by atoms with van der Waals surface area (Å²) in [6.45, 7) is 4.97. The topological polar surface area (TPSA) is 0 Å². The summed E-state index contributed by atoms with van der Waals surface area (Å²) in [6, 6.07) is 11.1. The molecule has 3 heteroatoms. The van der Waals surface area contributed by atoms with Crippen molar-refractivity contribution in [3.63, 3.8) is 0 Å². The molecule has 15 heavy (non-hydrogen) atoms. The van der Waals surface area contributed by atoms with E-state index in [4.69, 9.17) is 0 Å². The lowest BCUT2D eigenvalue weighted by Gasteiger charge is -2.29. The Balaban J connectivity index is 2.18. The quantitative estimate of drug-likeness (QED) is 0.740. The Hall–Kier alpha value is 0.350. The minimum Gasteiger partial charge on any atom is -0.107 e. The molecule has 1 aliphatic heterocycles. The van der Waals surface area contributed by atoms with Crippen LogP contribution in [-0.4, -0.2) is 29.2 Å². The van der Waals surface area contributed by atoms with Gasteiger partial charge in [-0.1, -0.05) is 18.2 Å². The molecule has 2 rings (SSSR count). The predicted octanol–water partition coefficient (Wildman–Crippen LogP) is 3.74. The predicted molar refractivity (Wildman–Crippen MR) is 78.2 cm³/mol. The third-order valence-corrected chi connectivity index (χ3v) is 11.9. The molecule has 82 valence electrons. The highest BCUT2D eigenvalue weighted by atomic mass is 32.2. The highest BCUT2D eigenvalue weighted by Gasteiger charge is 2.40. The molecule has 1 fully saturated rings. The summed E-state index contributed by atoms with van der Waals surface area (Å²) < 4.78 is 0.827. The smallest absolute Gasteiger partial charge is 0.107 e. The van der Waals surface area contributed by atoms with Crippen LogP contribution in [0, 0.1) is 0 Å². The Morgan fingerprint density at radius 3 is 2.27 bits per heavy atom. The standard InChI is InChI=1S/C12H18PS2/c1-13(2,11-7-4-3-5-8-11)12-14-9-6-10-15-12/h3-5,7-8,12H,6,9-10H2,1-2H3/q+1. The summed E-state index contributed by atoms with van der Waals surface area (Å²) in [4.78, 5) is 0. The van der Waals surface area contributed by atoms with Gasteiger partial charge in [-0.3, -0.25) is 0 Å². The lowest BCUT2D eigenvalue weighted by molar-refractivity contribution is 1.11. The maximum atomic E-state index is 2.48. The maximum Gasteiger partial charge on any atom is 0.164 e. The van der Waals surface area contributed by atoms with Crippen LogP contribution in [0.2, 0.25) is 0 Å². The van der Waals surface area contributed by atoms with Crippen LogP contribution in [0.4, 0.5) is 0 Å². The molecule has 0 unspecified atom stereocenters. The van der Waals surface area contributed by atoms with E-state index in [-0.39, 0.29) is 0 Å². The first-order chi connectivity index (χ1) is 7.21. The number of hydrogen-bond donors (Lipinski definition) is 0. The maximum absolute atomic E-state index is 2.48. The van der Waals surface area contributed by atoms with Gasteiger partial charge >= 0.3 is 0 Å². The highest BCUT2D eigenvalue weighted by molar-refractivity contribution is 8.27. The fourth-order valence-corrected chi connectivity index (χ4v) is 9.48. The first kappa shape index (κ1) is 11.8. The molecular formula is C12H18PS2+. The van der Waals surface area contributed by atoms with Crippen molar-refractivity contribution in [1.82, 2.24) is 0 Å². The summed E-state index contributed by atoms with van der Waals surface area (Å²) >= 11 is 4.35. The number of thioether (sulfide) groups is 2. The van der Waals surface area contributed by atoms with Crippen LogP contribution >= 0.6 is 30.8 Å². The van der Waals surface area contributed by atoms with E-state index in [1.54, 1.807) is 5.30 Å². The van der Waals surface area contributed by atoms with Crippen molar-refractivity contribution in [2.24, 2.45) is 0 Å². The van der Waals surface area contributed by atoms with E-state index in [0.29, 0.717) is 0 Å². The first-order valence-corrected chi connectivity index (χ1v) is 10.2. The van der Waals surface area contributed by atoms with Gasteiger partial charge in [0.25, 0.3) is 0 Å². The second kappa shape index (κ2) is 5.12. The van der Waals surface area contributed by atoms with Gasteiger partial charge in [0.15, 0.2) is 4.32 Å². The van der Waals surface area contributed by atoms with Gasteiger partial charge in [-0.05, 0) is 30.1 Å². The lowest BCUT2D eigenvalue weighted by Crippen LogP contribution is -2.19. The largest absolute Gasteiger partial charge is 0.164 e. The monoisotopic (exact) mass is 257 g/mol. The minimum atomic E-state index is -0.944. The summed E-state index contributed by atoms with van der Waals surface area (Å²) in [6.07, 6.45) is 1.39. The van der Waals surface area contributed by atoms with Crippen LogP contribution in [0.25, 0.3) is 0 Å². The van der Waals surface area contributed by atoms with Gasteiger partial charge in [-0.25, -0.2) is 0 Å². The van der Waals surface area contributed by atoms with E-state index < -0.39 is 7.26 Å². The summed E-state index contributed by atoms with van der Waals surface area (Å²) in [7, 11) is -0.944. The van der Waals surface area contributed by atoms with Gasteiger partial charge in [0.2, 0.25) is 0 Å². The molecule has 0 bridgehead atoms. The second-order valence-electron chi connectivity index (χ2n) is 4.28. The van der Waals surface area contributed by atoms with Crippen molar-refractivity contribution >= 4 is 36.1 Å². The van der Waals surface area contributed by atoms with Crippen LogP contribution in [0.3, 0.4) is 0 Å². The number of rotatable bonds is 2. The molecule has 0 nitrogen and oxygen atoms in total. The van der Waals surface area contributed by atoms with Crippen LogP contribution in [0.15, 0.2) is 30.3 Å². The summed E-state index contributed by atoms with van der Waals surface area (Å²) in [5.41, 5.74) is 0. The molecule has 0 saturated carbocycles. The Morgan fingerprint density at radius 1 is 1.07 bits per heavy atom. The van der Waals surface area contributed by atoms with E-state index >= 15 is 0 Å². The summed E-state index contributed by atoms with van der Waals surface area (Å²) in [5.74, 6) is 2.71. The van der Waals surface area contributed by atoms with E-state index in [9.17, 15) is 0 Å². The zero-order chi connectivity index (χ0) is 10.7. The molecule has 0 spiro atoms. The molecule has 1 aromatic carbocycles. The molecule has 1 aromatic rings. The molecule has 1 saturated heterocycles. The molecule has 0 atom stereocenters. The average molecular weight is 257 g/mol. The molecule has 0 aliphatic carbocycles. The average Bonchev–Trinajstić information content (AvgIpc) is 2.31. The van der Waals surface area contributed by atoms with Crippen molar-refractivity contribution in [1.29, 1.82) is 0 Å². The Bertz CT molecular complexity index is 305. The van der Waals surface area contributed by atoms with Gasteiger partial charge in [0.1, 0.15) is 0 Å². The molecule has 0 N–H and O–H groups in total. The number of benzene rings is 1. The van der Waals surface area contributed by atoms with Gasteiger partial charge in [-0.15, -0.1) is 23.5 Å². The molecule has 0 aromatic heterocycles. The molecule has 1 aliphatic rings. The van der Waals surface area contributed by atoms with Crippen molar-refractivity contribution < 1.29 is 0 Å². The van der Waals surface area contributed by atoms with Gasteiger partial charge in [0, 0.05) is 0 Å². The SMILES string of the molecule is C[P+](C)(c1ccccc1)C1SCCCS1. The van der Waals surface area contributed by atoms with Gasteiger partial charge in [0.05, 0.1) is 25.9 Å².